The first-order valence-corrected chi connectivity index (χ1v) is 14.4. The molecule has 0 atom stereocenters. The van der Waals surface area contributed by atoms with Crippen LogP contribution in [0.4, 0.5) is 5.82 Å². The van der Waals surface area contributed by atoms with Crippen molar-refractivity contribution in [2.45, 2.75) is 0 Å². The Hall–Kier alpha value is -4.99. The monoisotopic (exact) mass is 817 g/mol. The number of aldehydes is 1. The largest absolute Gasteiger partial charge is 0.493 e. The Kier molecular flexibility index (Phi) is 21.8. The molecule has 0 aromatic carbocycles. The van der Waals surface area contributed by atoms with E-state index in [-0.39, 0.29) is 78.4 Å². The number of nitriles is 2. The normalized spacial score (nSPS) is 9.22. The first kappa shape index (κ1) is 45.0. The van der Waals surface area contributed by atoms with Crippen molar-refractivity contribution in [3.8, 4) is 18.0 Å². The molecule has 255 valence electrons. The Labute approximate surface area is 317 Å². The van der Waals surface area contributed by atoms with E-state index in [4.69, 9.17) is 108 Å². The molecule has 0 unspecified atom stereocenters. The van der Waals surface area contributed by atoms with E-state index in [2.05, 4.69) is 55.0 Å². The van der Waals surface area contributed by atoms with Gasteiger partial charge in [0.1, 0.15) is 75.0 Å². The van der Waals surface area contributed by atoms with Gasteiger partial charge in [-0.25, -0.2) is 44.9 Å². The predicted octanol–water partition coefficient (Wildman–Crippen LogP) is 4.52. The average Bonchev–Trinajstić information content (AvgIpc) is 3.05. The second-order valence-corrected chi connectivity index (χ2v) is 9.85. The van der Waals surface area contributed by atoms with Gasteiger partial charge in [0, 0.05) is 8.41 Å². The van der Waals surface area contributed by atoms with Gasteiger partial charge in [-0.1, -0.05) is 86.4 Å². The van der Waals surface area contributed by atoms with Crippen LogP contribution in [-0.4, -0.2) is 81.1 Å². The molecule has 0 bridgehead atoms. The number of anilines is 1. The number of aromatic nitrogens is 10. The molecule has 5 heterocycles. The van der Waals surface area contributed by atoms with E-state index in [1.807, 2.05) is 0 Å². The molecule has 0 aliphatic rings. The zero-order chi connectivity index (χ0) is 36.9. The van der Waals surface area contributed by atoms with Crippen molar-refractivity contribution < 1.29 is 15.1 Å². The van der Waals surface area contributed by atoms with Crippen LogP contribution in [0.3, 0.4) is 0 Å². The molecule has 50 heavy (non-hydrogen) atoms. The fourth-order valence-corrected chi connectivity index (χ4v) is 3.64. The summed E-state index contributed by atoms with van der Waals surface area (Å²) >= 11 is 38.5. The van der Waals surface area contributed by atoms with E-state index in [1.54, 1.807) is 12.1 Å². The van der Waals surface area contributed by atoms with Crippen LogP contribution in [0.1, 0.15) is 27.0 Å². The van der Waals surface area contributed by atoms with Gasteiger partial charge in [0.05, 0.1) is 29.7 Å². The number of H-pyrrole nitrogens is 1. The highest BCUT2D eigenvalue weighted by Gasteiger charge is 2.07. The first-order valence-electron chi connectivity index (χ1n) is 11.7. The summed E-state index contributed by atoms with van der Waals surface area (Å²) in [5, 5.41) is 36.9. The third kappa shape index (κ3) is 15.5. The van der Waals surface area contributed by atoms with Crippen molar-refractivity contribution in [1.82, 2.24) is 49.8 Å². The number of nitrogens with two attached hydrogens (primary N) is 1. The molecule has 5 aromatic heterocycles. The van der Waals surface area contributed by atoms with Gasteiger partial charge < -0.3 is 21.0 Å². The number of hydrogen-bond acceptors (Lipinski definition) is 17. The maximum Gasteiger partial charge on any atom is 0.254 e. The highest BCUT2D eigenvalue weighted by molar-refractivity contribution is 6.37. The zero-order valence-electron chi connectivity index (χ0n) is 24.0. The summed E-state index contributed by atoms with van der Waals surface area (Å²) in [6.07, 6.45) is 7.55. The van der Waals surface area contributed by atoms with Gasteiger partial charge in [-0.2, -0.15) is 10.5 Å². The van der Waals surface area contributed by atoms with E-state index < -0.39 is 0 Å². The molecule has 3 radical (unpaired) electrons. The Morgan fingerprint density at radius 1 is 0.700 bits per heavy atom. The summed E-state index contributed by atoms with van der Waals surface area (Å²) in [7, 11) is 0. The number of aromatic amines is 1. The number of hydrogen-bond donors (Lipinski definition) is 4. The summed E-state index contributed by atoms with van der Waals surface area (Å²) in [5.74, 6) is -0.142. The molecule has 0 saturated heterocycles. The molecular formula is C24H13BCl7N14O4. The van der Waals surface area contributed by atoms with Gasteiger partial charge in [0.25, 0.3) is 5.56 Å². The van der Waals surface area contributed by atoms with Crippen molar-refractivity contribution in [2.24, 2.45) is 5.16 Å². The van der Waals surface area contributed by atoms with Crippen molar-refractivity contribution in [3.05, 3.63) is 106 Å². The van der Waals surface area contributed by atoms with Crippen molar-refractivity contribution in [3.63, 3.8) is 0 Å². The fourth-order valence-electron chi connectivity index (χ4n) is 2.25. The summed E-state index contributed by atoms with van der Waals surface area (Å²) in [6.45, 7) is 0. The maximum absolute atomic E-state index is 10.2. The first-order chi connectivity index (χ1) is 23.3. The SMILES string of the molecule is N#Cc1c(Cl)ncnc1Cl.N#Cc1c(N)ncnc1Cl.O/N=C/c1c(Cl)ncnc1Cl.O=Cc1c(Cl)ncnc1Cl.O=c1cc(O)nc[nH]1.[B]. The third-order valence-corrected chi connectivity index (χ3v) is 6.42. The van der Waals surface area contributed by atoms with Gasteiger partial charge in [-0.15, -0.1) is 0 Å². The van der Waals surface area contributed by atoms with E-state index in [0.717, 1.165) is 18.6 Å². The molecule has 0 amide bonds. The van der Waals surface area contributed by atoms with Crippen LogP contribution in [0, 0.1) is 22.7 Å². The van der Waals surface area contributed by atoms with Gasteiger partial charge in [-0.05, 0) is 0 Å². The Bertz CT molecular complexity index is 1910. The standard InChI is InChI=1S/C5H3Cl2N3O.C5HCl2N3.C5H2Cl2N2O.C5H3ClN4.C4H4N2O2.B/c6-4-3(1-10-11)5(7)9-2-8-4;6-4-3(1-8)5(7)10-2-9-4;6-4-3(1-10)5(7)9-2-8-4;6-4-3(1-7)5(8)10-2-9-4;7-3-1-4(8)6-2-5-3;/h1-2,11H;2H;1-2H;2H,(H2,8,9,10);1-2H,(H2,5,6,7,8);/b10-1+;;;;;. The number of nitrogen functional groups attached to an aromatic ring is 1. The van der Waals surface area contributed by atoms with Crippen molar-refractivity contribution in [2.75, 3.05) is 5.73 Å². The Balaban J connectivity index is 0.000000599. The molecular weight excluding hydrogens is 807 g/mol. The number of nitrogens with one attached hydrogen (secondary N) is 1. The van der Waals surface area contributed by atoms with Crippen LogP contribution in [-0.2, 0) is 0 Å². The summed E-state index contributed by atoms with van der Waals surface area (Å²) in [6, 6.07) is 4.56. The van der Waals surface area contributed by atoms with Gasteiger partial charge >= 0.3 is 0 Å². The minimum absolute atomic E-state index is 0. The molecule has 0 fully saturated rings. The molecule has 5 N–H and O–H groups in total. The highest BCUT2D eigenvalue weighted by atomic mass is 35.5. The van der Waals surface area contributed by atoms with E-state index in [9.17, 15) is 9.59 Å². The number of carbonyl (C=O) groups excluding carboxylic acids is 1. The molecule has 0 aliphatic heterocycles. The Morgan fingerprint density at radius 2 is 1.10 bits per heavy atom. The van der Waals surface area contributed by atoms with Crippen LogP contribution in [0.2, 0.25) is 36.1 Å². The third-order valence-electron chi connectivity index (χ3n) is 4.35. The average molecular weight is 820 g/mol. The van der Waals surface area contributed by atoms with Crippen molar-refractivity contribution >= 4 is 108 Å². The molecule has 26 heteroatoms. The molecule has 0 aliphatic carbocycles. The molecule has 0 saturated carbocycles. The lowest BCUT2D eigenvalue weighted by atomic mass is 10.3. The minimum Gasteiger partial charge on any atom is -0.493 e. The van der Waals surface area contributed by atoms with Gasteiger partial charge in [-0.3, -0.25) is 9.59 Å². The van der Waals surface area contributed by atoms with Gasteiger partial charge in [0.2, 0.25) is 5.88 Å². The lowest BCUT2D eigenvalue weighted by Gasteiger charge is -1.95. The van der Waals surface area contributed by atoms with Crippen LogP contribution >= 0.6 is 81.2 Å². The van der Waals surface area contributed by atoms with Gasteiger partial charge in [0.15, 0.2) is 21.7 Å². The molecule has 18 nitrogen and oxygen atoms in total. The van der Waals surface area contributed by atoms with E-state index in [0.29, 0.717) is 11.8 Å². The number of halogens is 7. The van der Waals surface area contributed by atoms with E-state index >= 15 is 0 Å². The lowest BCUT2D eigenvalue weighted by molar-refractivity contribution is 0.112. The quantitative estimate of drug-likeness (QED) is 0.0475. The van der Waals surface area contributed by atoms with Crippen molar-refractivity contribution in [1.29, 1.82) is 10.5 Å². The Morgan fingerprint density at radius 3 is 1.38 bits per heavy atom. The minimum atomic E-state index is -0.350. The number of carbonyl (C=O) groups is 1. The number of oxime groups is 1. The predicted molar refractivity (Wildman–Crippen MR) is 184 cm³/mol. The van der Waals surface area contributed by atoms with Crippen LogP contribution in [0.15, 0.2) is 47.7 Å². The maximum atomic E-state index is 10.2. The fraction of sp³-hybridized carbons (Fsp3) is 0. The summed E-state index contributed by atoms with van der Waals surface area (Å²) < 4.78 is 0. The smallest absolute Gasteiger partial charge is 0.254 e. The van der Waals surface area contributed by atoms with Crippen LogP contribution < -0.4 is 11.3 Å². The highest BCUT2D eigenvalue weighted by Crippen LogP contribution is 2.18. The summed E-state index contributed by atoms with van der Waals surface area (Å²) in [5.41, 5.74) is 5.60. The number of rotatable bonds is 2. The molecule has 5 aromatic rings. The molecule has 0 spiro atoms. The lowest BCUT2D eigenvalue weighted by Crippen LogP contribution is -2.01. The second-order valence-electron chi connectivity index (χ2n) is 7.35. The van der Waals surface area contributed by atoms with Crippen LogP contribution in [0.5, 0.6) is 5.88 Å². The topological polar surface area (TPSA) is 292 Å². The zero-order valence-corrected chi connectivity index (χ0v) is 29.3. The van der Waals surface area contributed by atoms with Crippen LogP contribution in [0.25, 0.3) is 0 Å². The second kappa shape index (κ2) is 24.2. The summed E-state index contributed by atoms with van der Waals surface area (Å²) in [4.78, 5) is 54.6. The molecule has 5 rings (SSSR count). The van der Waals surface area contributed by atoms with E-state index in [1.165, 1.54) is 25.3 Å². The number of nitrogens with zero attached hydrogens (tertiary/aromatic N) is 12. The number of aromatic hydroxyl groups is 1.